The van der Waals surface area contributed by atoms with Crippen molar-refractivity contribution >= 4 is 17.7 Å². The molecule has 0 aromatic rings. The Bertz CT molecular complexity index is 1710. The Kier molecular flexibility index (Phi) is 23.2. The Hall–Kier alpha value is -3.73. The lowest BCUT2D eigenvalue weighted by molar-refractivity contribution is -0.310. The van der Waals surface area contributed by atoms with Crippen LogP contribution in [-0.2, 0) is 33.3 Å². The fraction of sp³-hybridized carbons (Fsp3) is 0.638. The van der Waals surface area contributed by atoms with E-state index in [4.69, 9.17) is 24.7 Å². The molecule has 3 rings (SSSR count). The molecule has 366 valence electrons. The van der Waals surface area contributed by atoms with Gasteiger partial charge in [-0.15, -0.1) is 0 Å². The molecule has 0 saturated carbocycles. The van der Waals surface area contributed by atoms with Crippen LogP contribution >= 0.6 is 0 Å². The van der Waals surface area contributed by atoms with E-state index < -0.39 is 147 Å². The summed E-state index contributed by atoms with van der Waals surface area (Å²) in [6, 6.07) is -1.15. The van der Waals surface area contributed by atoms with Crippen LogP contribution in [0.15, 0.2) is 85.1 Å². The van der Waals surface area contributed by atoms with E-state index in [1.54, 1.807) is 86.8 Å². The minimum atomic E-state index is -2.38. The first-order valence-corrected chi connectivity index (χ1v) is 22.2. The molecule has 9 unspecified atom stereocenters. The topological polar surface area (TPSA) is 316 Å². The van der Waals surface area contributed by atoms with Crippen molar-refractivity contribution in [3.05, 3.63) is 85.1 Å². The number of aliphatic hydroxyl groups excluding tert-OH is 8. The molecule has 18 heteroatoms. The molecule has 0 aromatic carbocycles. The number of ether oxygens (including phenoxy) is 4. The number of nitrogens with two attached hydrogens (primary N) is 1. The lowest BCUT2D eigenvalue weighted by Gasteiger charge is -2.45. The third-order valence-corrected chi connectivity index (χ3v) is 11.9. The van der Waals surface area contributed by atoms with Gasteiger partial charge in [-0.05, 0) is 20.3 Å². The fourth-order valence-electron chi connectivity index (χ4n) is 7.82. The van der Waals surface area contributed by atoms with E-state index in [2.05, 4.69) is 0 Å². The maximum Gasteiger partial charge on any atom is 0.311 e. The number of carbonyl (C=O) groups excluding carboxylic acids is 2. The number of allylic oxidation sites excluding steroid dienone is 12. The SMILES string of the molecule is C[C@@H]1OC(=O)CC(O)CC(O)CC(=O)CCC(O)C(O)CC2(O)C[C@H](O)[C@@H](C(=O)O)[C@H](CC(OC3O[C@H](C)C(O)[C@H](N)[C@@H]3O)/C=C/C=C/C=C/C=C/C=C/C=C/C=C/[C@H](C)C(O)[C@H]1C)O2. The van der Waals surface area contributed by atoms with Crippen LogP contribution < -0.4 is 5.73 Å². The van der Waals surface area contributed by atoms with Crippen molar-refractivity contribution in [3.63, 3.8) is 0 Å². The van der Waals surface area contributed by atoms with E-state index in [0.29, 0.717) is 0 Å². The van der Waals surface area contributed by atoms with Crippen molar-refractivity contribution < 1.29 is 84.4 Å². The Balaban J connectivity index is 1.86. The number of hydrogen-bond donors (Lipinski definition) is 11. The minimum Gasteiger partial charge on any atom is -0.481 e. The molecule has 2 fully saturated rings. The molecule has 3 heterocycles. The number of hydrogen-bond acceptors (Lipinski definition) is 17. The summed E-state index contributed by atoms with van der Waals surface area (Å²) in [5.74, 6) is -7.51. The monoisotopic (exact) mass is 921 g/mol. The van der Waals surface area contributed by atoms with Gasteiger partial charge in [0.2, 0.25) is 0 Å². The number of cyclic esters (lactones) is 1. The lowest BCUT2D eigenvalue weighted by atomic mass is 9.82. The highest BCUT2D eigenvalue weighted by molar-refractivity contribution is 5.78. The number of carboxylic acid groups (broad SMARTS) is 1. The summed E-state index contributed by atoms with van der Waals surface area (Å²) in [7, 11) is 0. The molecule has 2 bridgehead atoms. The average Bonchev–Trinajstić information content (AvgIpc) is 3.21. The van der Waals surface area contributed by atoms with Gasteiger partial charge in [0.15, 0.2) is 12.1 Å². The number of Topliss-reactive ketones (excluding diaryl/α,β-unsaturated/α-hetero) is 1. The van der Waals surface area contributed by atoms with Crippen LogP contribution in [0.3, 0.4) is 0 Å². The van der Waals surface area contributed by atoms with Crippen molar-refractivity contribution in [1.82, 2.24) is 0 Å². The van der Waals surface area contributed by atoms with Gasteiger partial charge in [0.25, 0.3) is 0 Å². The Morgan fingerprint density at radius 2 is 1.23 bits per heavy atom. The largest absolute Gasteiger partial charge is 0.481 e. The van der Waals surface area contributed by atoms with Crippen LogP contribution in [0.5, 0.6) is 0 Å². The zero-order valence-electron chi connectivity index (χ0n) is 37.5. The number of carbonyl (C=O) groups is 3. The maximum atomic E-state index is 12.7. The van der Waals surface area contributed by atoms with Crippen LogP contribution in [0.4, 0.5) is 0 Å². The summed E-state index contributed by atoms with van der Waals surface area (Å²) in [6.07, 6.45) is 3.67. The van der Waals surface area contributed by atoms with Crippen molar-refractivity contribution in [3.8, 4) is 0 Å². The van der Waals surface area contributed by atoms with Gasteiger partial charge in [-0.2, -0.15) is 0 Å². The number of carboxylic acids is 1. The molecule has 18 nitrogen and oxygen atoms in total. The van der Waals surface area contributed by atoms with E-state index >= 15 is 0 Å². The van der Waals surface area contributed by atoms with Crippen LogP contribution in [0.25, 0.3) is 0 Å². The van der Waals surface area contributed by atoms with E-state index in [-0.39, 0.29) is 31.6 Å². The molecular weight excluding hydrogens is 851 g/mol. The first kappa shape index (κ1) is 55.6. The van der Waals surface area contributed by atoms with Crippen molar-refractivity contribution in [2.45, 2.75) is 170 Å². The second kappa shape index (κ2) is 27.2. The van der Waals surface area contributed by atoms with Gasteiger partial charge >= 0.3 is 11.9 Å². The van der Waals surface area contributed by atoms with Crippen LogP contribution in [-0.4, -0.2) is 160 Å². The van der Waals surface area contributed by atoms with E-state index in [1.807, 2.05) is 13.0 Å². The van der Waals surface area contributed by atoms with Crippen molar-refractivity contribution in [2.75, 3.05) is 0 Å². The smallest absolute Gasteiger partial charge is 0.311 e. The van der Waals surface area contributed by atoms with Crippen molar-refractivity contribution in [1.29, 1.82) is 0 Å². The predicted molar refractivity (Wildman–Crippen MR) is 236 cm³/mol. The summed E-state index contributed by atoms with van der Waals surface area (Å²) in [6.45, 7) is 6.70. The van der Waals surface area contributed by atoms with Gasteiger partial charge in [-0.3, -0.25) is 14.4 Å². The molecule has 65 heavy (non-hydrogen) atoms. The summed E-state index contributed by atoms with van der Waals surface area (Å²) in [5, 5.41) is 107. The van der Waals surface area contributed by atoms with Gasteiger partial charge < -0.3 is 75.7 Å². The maximum absolute atomic E-state index is 12.7. The summed E-state index contributed by atoms with van der Waals surface area (Å²) in [4.78, 5) is 37.8. The third kappa shape index (κ3) is 18.5. The van der Waals surface area contributed by atoms with Gasteiger partial charge in [0, 0.05) is 50.4 Å². The van der Waals surface area contributed by atoms with Gasteiger partial charge in [-0.25, -0.2) is 0 Å². The zero-order valence-corrected chi connectivity index (χ0v) is 37.5. The first-order chi connectivity index (χ1) is 30.6. The standard InChI is InChI=1S/C47H71NO17/c1-27-17-15-13-11-9-7-5-6-8-10-12-14-16-18-34(64-46-44(58)41(48)43(57)30(4)63-46)24-38-40(45(59)60)37(54)26-47(61,65-38)25-36(53)35(52)20-19-31(49)21-32(50)22-33(51)23-39(55)62-29(3)28(2)42(27)56/h5-18,27-30,32-38,40-44,46,50-54,56-58,61H,19-26,48H2,1-4H3,(H,59,60)/b6-5+,9-7+,10-8+,13-11+,14-12+,17-15+,18-16+/t27-,28-,29-,30+,32?,33?,34?,35?,36?,37-,38-,40+,41-,42?,43?,44-,46?,47?/m0/s1. The summed E-state index contributed by atoms with van der Waals surface area (Å²) < 4.78 is 23.1. The molecule has 3 aliphatic heterocycles. The van der Waals surface area contributed by atoms with Gasteiger partial charge in [0.1, 0.15) is 23.9 Å². The van der Waals surface area contributed by atoms with Crippen LogP contribution in [0.1, 0.15) is 79.1 Å². The van der Waals surface area contributed by atoms with Gasteiger partial charge in [0.05, 0.1) is 73.5 Å². The predicted octanol–water partition coefficient (Wildman–Crippen LogP) is 0.920. The highest BCUT2D eigenvalue weighted by Crippen LogP contribution is 2.38. The Morgan fingerprint density at radius 3 is 1.82 bits per heavy atom. The van der Waals surface area contributed by atoms with Gasteiger partial charge in [-0.1, -0.05) is 98.9 Å². The Morgan fingerprint density at radius 1 is 0.692 bits per heavy atom. The molecule has 12 N–H and O–H groups in total. The molecule has 2 saturated heterocycles. The lowest BCUT2D eigenvalue weighted by Crippen LogP contribution is -2.61. The minimum absolute atomic E-state index is 0.291. The fourth-order valence-corrected chi connectivity index (χ4v) is 7.82. The number of ketones is 1. The van der Waals surface area contributed by atoms with E-state index in [1.165, 1.54) is 13.0 Å². The van der Waals surface area contributed by atoms with E-state index in [9.17, 15) is 65.4 Å². The molecule has 0 amide bonds. The number of rotatable bonds is 3. The Labute approximate surface area is 380 Å². The second-order valence-electron chi connectivity index (χ2n) is 17.4. The number of fused-ring (bicyclic) bond motifs is 2. The van der Waals surface area contributed by atoms with E-state index in [0.717, 1.165) is 0 Å². The van der Waals surface area contributed by atoms with Crippen LogP contribution in [0.2, 0.25) is 0 Å². The number of aliphatic carboxylic acids is 1. The summed E-state index contributed by atoms with van der Waals surface area (Å²) >= 11 is 0. The molecular formula is C47H71NO17. The number of esters is 1. The molecule has 0 aromatic heterocycles. The zero-order chi connectivity index (χ0) is 48.4. The molecule has 0 spiro atoms. The van der Waals surface area contributed by atoms with Crippen molar-refractivity contribution in [2.24, 2.45) is 23.5 Å². The molecule has 18 atom stereocenters. The normalized spacial score (nSPS) is 44.4. The highest BCUT2D eigenvalue weighted by Gasteiger charge is 2.51. The highest BCUT2D eigenvalue weighted by atomic mass is 16.7. The number of aliphatic hydroxyl groups is 9. The summed E-state index contributed by atoms with van der Waals surface area (Å²) in [5.41, 5.74) is 6.01. The second-order valence-corrected chi connectivity index (χ2v) is 17.4. The van der Waals surface area contributed by atoms with Crippen LogP contribution in [0, 0.1) is 17.8 Å². The molecule has 0 radical (unpaired) electrons. The molecule has 0 aliphatic carbocycles. The first-order valence-electron chi connectivity index (χ1n) is 22.2. The average molecular weight is 922 g/mol. The third-order valence-electron chi connectivity index (χ3n) is 11.9. The molecule has 3 aliphatic rings. The quantitative estimate of drug-likeness (QED) is 0.175.